The largest absolute Gasteiger partial charge is 0.444 e. The van der Waals surface area contributed by atoms with Crippen LogP contribution in [0.3, 0.4) is 0 Å². The van der Waals surface area contributed by atoms with Crippen LogP contribution in [0.5, 0.6) is 0 Å². The second-order valence-electron chi connectivity index (χ2n) is 9.28. The van der Waals surface area contributed by atoms with Crippen LogP contribution in [-0.4, -0.2) is 34.7 Å². The number of nitrogens with zero attached hydrogens (tertiary/aromatic N) is 3. The first-order valence-corrected chi connectivity index (χ1v) is 12.0. The van der Waals surface area contributed by atoms with E-state index in [0.29, 0.717) is 19.6 Å². The van der Waals surface area contributed by atoms with Gasteiger partial charge in [0.05, 0.1) is 6.54 Å². The van der Waals surface area contributed by atoms with Crippen LogP contribution in [0.2, 0.25) is 0 Å². The molecular formula is C27H27N3O2S. The smallest absolute Gasteiger partial charge is 0.410 e. The van der Waals surface area contributed by atoms with Gasteiger partial charge in [-0.3, -0.25) is 4.98 Å². The van der Waals surface area contributed by atoms with Gasteiger partial charge >= 0.3 is 6.09 Å². The lowest BCUT2D eigenvalue weighted by Gasteiger charge is -2.27. The highest BCUT2D eigenvalue weighted by Gasteiger charge is 2.28. The molecule has 0 fully saturated rings. The van der Waals surface area contributed by atoms with E-state index in [1.54, 1.807) is 23.7 Å². The number of anilines is 2. The molecule has 5 nitrogen and oxygen atoms in total. The van der Waals surface area contributed by atoms with Gasteiger partial charge in [-0.15, -0.1) is 11.3 Å². The number of pyridine rings is 1. The second-order valence-corrected chi connectivity index (χ2v) is 10.2. The number of hydrogen-bond acceptors (Lipinski definition) is 5. The van der Waals surface area contributed by atoms with Crippen molar-refractivity contribution in [3.05, 3.63) is 77.9 Å². The van der Waals surface area contributed by atoms with E-state index >= 15 is 0 Å². The van der Waals surface area contributed by atoms with Crippen molar-refractivity contribution in [3.8, 4) is 11.1 Å². The molecule has 0 saturated heterocycles. The Morgan fingerprint density at radius 3 is 2.58 bits per heavy atom. The normalized spacial score (nSPS) is 14.2. The summed E-state index contributed by atoms with van der Waals surface area (Å²) in [6.07, 6.45) is 3.32. The monoisotopic (exact) mass is 457 g/mol. The highest BCUT2D eigenvalue weighted by atomic mass is 32.1. The maximum absolute atomic E-state index is 13.0. The van der Waals surface area contributed by atoms with E-state index in [1.807, 2.05) is 37.8 Å². The molecule has 6 heteroatoms. The lowest BCUT2D eigenvalue weighted by atomic mass is 10.0. The number of benzene rings is 2. The van der Waals surface area contributed by atoms with E-state index in [-0.39, 0.29) is 6.09 Å². The van der Waals surface area contributed by atoms with Crippen LogP contribution in [-0.2, 0) is 11.3 Å². The lowest BCUT2D eigenvalue weighted by Crippen LogP contribution is -2.38. The molecule has 1 aliphatic rings. The zero-order valence-electron chi connectivity index (χ0n) is 19.1. The van der Waals surface area contributed by atoms with E-state index in [2.05, 4.69) is 57.7 Å². The number of thiophene rings is 1. The summed E-state index contributed by atoms with van der Waals surface area (Å²) in [5.74, 6) is 0. The first kappa shape index (κ1) is 21.5. The third-order valence-electron chi connectivity index (χ3n) is 5.74. The Kier molecular flexibility index (Phi) is 5.54. The molecule has 5 rings (SSSR count). The molecule has 33 heavy (non-hydrogen) atoms. The van der Waals surface area contributed by atoms with Crippen LogP contribution in [0, 0.1) is 0 Å². The van der Waals surface area contributed by atoms with Crippen LogP contribution in [0.4, 0.5) is 16.2 Å². The standard InChI is InChI=1S/C27H27N3O2S/c1-27(2,3)32-26(31)29-13-14-30(23-5-7-25-21(17-23)10-15-33-25)24-6-4-20(16-22(24)18-29)19-8-11-28-12-9-19/h4-12,15-17H,13-14,18H2,1-3H3. The molecule has 2 aromatic carbocycles. The first-order chi connectivity index (χ1) is 15.9. The fraction of sp³-hybridized carbons (Fsp3) is 0.259. The van der Waals surface area contributed by atoms with Gasteiger partial charge in [-0.1, -0.05) is 6.07 Å². The molecule has 0 unspecified atom stereocenters. The summed E-state index contributed by atoms with van der Waals surface area (Å²) in [6.45, 7) is 7.48. The molecule has 0 bridgehead atoms. The summed E-state index contributed by atoms with van der Waals surface area (Å²) in [5, 5.41) is 3.36. The molecule has 2 aromatic heterocycles. The molecule has 0 saturated carbocycles. The third-order valence-corrected chi connectivity index (χ3v) is 6.64. The van der Waals surface area contributed by atoms with Crippen molar-refractivity contribution in [1.82, 2.24) is 9.88 Å². The fourth-order valence-electron chi connectivity index (χ4n) is 4.20. The van der Waals surface area contributed by atoms with Gasteiger partial charge in [0.1, 0.15) is 5.60 Å². The van der Waals surface area contributed by atoms with Crippen molar-refractivity contribution in [3.63, 3.8) is 0 Å². The van der Waals surface area contributed by atoms with Gasteiger partial charge < -0.3 is 14.5 Å². The highest BCUT2D eigenvalue weighted by Crippen LogP contribution is 2.36. The molecule has 0 N–H and O–H groups in total. The van der Waals surface area contributed by atoms with E-state index in [4.69, 9.17) is 4.74 Å². The molecule has 0 radical (unpaired) electrons. The fourth-order valence-corrected chi connectivity index (χ4v) is 4.97. The minimum absolute atomic E-state index is 0.280. The quantitative estimate of drug-likeness (QED) is 0.330. The van der Waals surface area contributed by atoms with Crippen LogP contribution < -0.4 is 4.90 Å². The van der Waals surface area contributed by atoms with Gasteiger partial charge in [-0.25, -0.2) is 4.79 Å². The number of hydrogen-bond donors (Lipinski definition) is 0. The van der Waals surface area contributed by atoms with Crippen LogP contribution in [0.15, 0.2) is 72.4 Å². The van der Waals surface area contributed by atoms with Crippen molar-refractivity contribution in [1.29, 1.82) is 0 Å². The summed E-state index contributed by atoms with van der Waals surface area (Å²) in [6, 6.07) is 19.2. The average molecular weight is 458 g/mol. The minimum Gasteiger partial charge on any atom is -0.444 e. The van der Waals surface area contributed by atoms with Gasteiger partial charge in [0.25, 0.3) is 0 Å². The molecule has 1 aliphatic heterocycles. The van der Waals surface area contributed by atoms with Gasteiger partial charge in [0, 0.05) is 41.6 Å². The van der Waals surface area contributed by atoms with E-state index in [1.165, 1.54) is 10.1 Å². The average Bonchev–Trinajstić information content (AvgIpc) is 3.17. The van der Waals surface area contributed by atoms with Crippen LogP contribution in [0.25, 0.3) is 21.2 Å². The number of fused-ring (bicyclic) bond motifs is 2. The van der Waals surface area contributed by atoms with Crippen molar-refractivity contribution in [2.75, 3.05) is 18.0 Å². The Morgan fingerprint density at radius 2 is 1.79 bits per heavy atom. The Balaban J connectivity index is 1.56. The number of ether oxygens (including phenoxy) is 1. The minimum atomic E-state index is -0.533. The Hall–Kier alpha value is -3.38. The summed E-state index contributed by atoms with van der Waals surface area (Å²) in [4.78, 5) is 21.3. The molecular weight excluding hydrogens is 430 g/mol. The third kappa shape index (κ3) is 4.57. The zero-order chi connectivity index (χ0) is 23.0. The Morgan fingerprint density at radius 1 is 0.970 bits per heavy atom. The van der Waals surface area contributed by atoms with Gasteiger partial charge in [-0.2, -0.15) is 0 Å². The van der Waals surface area contributed by atoms with Crippen LogP contribution >= 0.6 is 11.3 Å². The predicted octanol–water partition coefficient (Wildman–Crippen LogP) is 6.85. The van der Waals surface area contributed by atoms with E-state index in [0.717, 1.165) is 28.1 Å². The summed E-state index contributed by atoms with van der Waals surface area (Å²) in [5.41, 5.74) is 5.02. The summed E-state index contributed by atoms with van der Waals surface area (Å²) < 4.78 is 6.99. The highest BCUT2D eigenvalue weighted by molar-refractivity contribution is 7.17. The van der Waals surface area contributed by atoms with Gasteiger partial charge in [0.2, 0.25) is 0 Å². The van der Waals surface area contributed by atoms with Crippen molar-refractivity contribution < 1.29 is 9.53 Å². The maximum Gasteiger partial charge on any atom is 0.410 e. The maximum atomic E-state index is 13.0. The number of amides is 1. The predicted molar refractivity (Wildman–Crippen MR) is 135 cm³/mol. The number of carbonyl (C=O) groups excluding carboxylic acids is 1. The van der Waals surface area contributed by atoms with E-state index in [9.17, 15) is 4.79 Å². The molecule has 0 spiro atoms. The molecule has 1 amide bonds. The molecule has 3 heterocycles. The van der Waals surface area contributed by atoms with Gasteiger partial charge in [-0.05, 0) is 96.8 Å². The first-order valence-electron chi connectivity index (χ1n) is 11.1. The second kappa shape index (κ2) is 8.52. The molecule has 0 aliphatic carbocycles. The lowest BCUT2D eigenvalue weighted by molar-refractivity contribution is 0.0244. The zero-order valence-corrected chi connectivity index (χ0v) is 19.9. The number of rotatable bonds is 2. The number of aromatic nitrogens is 1. The van der Waals surface area contributed by atoms with Crippen LogP contribution in [0.1, 0.15) is 26.3 Å². The molecule has 4 aromatic rings. The topological polar surface area (TPSA) is 45.7 Å². The summed E-state index contributed by atoms with van der Waals surface area (Å²) in [7, 11) is 0. The Labute approximate surface area is 198 Å². The molecule has 0 atom stereocenters. The summed E-state index contributed by atoms with van der Waals surface area (Å²) >= 11 is 1.75. The van der Waals surface area contributed by atoms with Gasteiger partial charge in [0.15, 0.2) is 0 Å². The van der Waals surface area contributed by atoms with Crippen molar-refractivity contribution in [2.24, 2.45) is 0 Å². The Bertz CT molecular complexity index is 1290. The van der Waals surface area contributed by atoms with Crippen molar-refractivity contribution in [2.45, 2.75) is 32.9 Å². The van der Waals surface area contributed by atoms with Crippen molar-refractivity contribution >= 4 is 38.9 Å². The number of carbonyl (C=O) groups is 1. The molecule has 168 valence electrons. The SMILES string of the molecule is CC(C)(C)OC(=O)N1CCN(c2ccc3sccc3c2)c2ccc(-c3ccncc3)cc2C1. The van der Waals surface area contributed by atoms with E-state index < -0.39 is 5.60 Å².